The van der Waals surface area contributed by atoms with E-state index in [-0.39, 0.29) is 11.8 Å². The van der Waals surface area contributed by atoms with Gasteiger partial charge in [0.2, 0.25) is 5.91 Å². The van der Waals surface area contributed by atoms with Crippen LogP contribution in [0, 0.1) is 17.2 Å². The maximum absolute atomic E-state index is 11.8. The number of amides is 1. The lowest BCUT2D eigenvalue weighted by atomic mass is 10.1. The van der Waals surface area contributed by atoms with Crippen LogP contribution >= 0.6 is 0 Å². The summed E-state index contributed by atoms with van der Waals surface area (Å²) in [6, 6.07) is 2.64. The van der Waals surface area contributed by atoms with Crippen molar-refractivity contribution in [2.75, 3.05) is 19.6 Å². The highest BCUT2D eigenvalue weighted by Crippen LogP contribution is 2.24. The van der Waals surface area contributed by atoms with Crippen molar-refractivity contribution in [2.45, 2.75) is 45.6 Å². The highest BCUT2D eigenvalue weighted by molar-refractivity contribution is 5.76. The van der Waals surface area contributed by atoms with E-state index in [0.717, 1.165) is 32.4 Å². The van der Waals surface area contributed by atoms with Crippen LogP contribution in [-0.2, 0) is 4.79 Å². The highest BCUT2D eigenvalue weighted by Gasteiger charge is 2.26. The molecule has 2 atom stereocenters. The molecule has 1 saturated carbocycles. The van der Waals surface area contributed by atoms with Gasteiger partial charge in [0, 0.05) is 32.1 Å². The van der Waals surface area contributed by atoms with Gasteiger partial charge in [-0.05, 0) is 26.7 Å². The van der Waals surface area contributed by atoms with Crippen LogP contribution in [0.2, 0.25) is 0 Å². The molecule has 4 nitrogen and oxygen atoms in total. The summed E-state index contributed by atoms with van der Waals surface area (Å²) in [5.41, 5.74) is 0. The lowest BCUT2D eigenvalue weighted by Gasteiger charge is -2.20. The lowest BCUT2D eigenvalue weighted by Crippen LogP contribution is -2.37. The van der Waals surface area contributed by atoms with Crippen LogP contribution in [0.25, 0.3) is 0 Å². The third-order valence-corrected chi connectivity index (χ3v) is 3.54. The van der Waals surface area contributed by atoms with E-state index in [2.05, 4.69) is 11.4 Å². The number of nitrogens with zero attached hydrogens (tertiary/aromatic N) is 2. The van der Waals surface area contributed by atoms with E-state index in [4.69, 9.17) is 5.26 Å². The van der Waals surface area contributed by atoms with E-state index < -0.39 is 0 Å². The summed E-state index contributed by atoms with van der Waals surface area (Å²) in [5, 5.41) is 12.3. The number of hydrogen-bond donors (Lipinski definition) is 1. The standard InChI is InChI=1S/C13H23N3O/c1-3-16(4-2)13(17)8-9-15-12-7-5-6-11(12)10-14/h11-12,15H,3-9H2,1-2H3. The number of hydrogen-bond acceptors (Lipinski definition) is 3. The topological polar surface area (TPSA) is 56.1 Å². The molecule has 0 spiro atoms. The molecule has 1 aliphatic carbocycles. The molecular weight excluding hydrogens is 214 g/mol. The van der Waals surface area contributed by atoms with E-state index in [9.17, 15) is 4.79 Å². The quantitative estimate of drug-likeness (QED) is 0.762. The van der Waals surface area contributed by atoms with Crippen LogP contribution in [-0.4, -0.2) is 36.5 Å². The Morgan fingerprint density at radius 2 is 2.12 bits per heavy atom. The molecule has 2 unspecified atom stereocenters. The van der Waals surface area contributed by atoms with Crippen molar-refractivity contribution in [3.8, 4) is 6.07 Å². The molecule has 0 aliphatic heterocycles. The second-order valence-corrected chi connectivity index (χ2v) is 4.54. The van der Waals surface area contributed by atoms with Gasteiger partial charge in [-0.15, -0.1) is 0 Å². The first-order chi connectivity index (χ1) is 8.22. The minimum atomic E-state index is 0.138. The van der Waals surface area contributed by atoms with E-state index in [0.29, 0.717) is 19.0 Å². The van der Waals surface area contributed by atoms with Gasteiger partial charge in [-0.25, -0.2) is 0 Å². The van der Waals surface area contributed by atoms with Gasteiger partial charge in [0.25, 0.3) is 0 Å². The monoisotopic (exact) mass is 237 g/mol. The Balaban J connectivity index is 2.23. The van der Waals surface area contributed by atoms with Gasteiger partial charge in [-0.1, -0.05) is 6.42 Å². The van der Waals surface area contributed by atoms with E-state index in [1.54, 1.807) is 0 Å². The second-order valence-electron chi connectivity index (χ2n) is 4.54. The second kappa shape index (κ2) is 7.29. The van der Waals surface area contributed by atoms with Crippen LogP contribution in [0.3, 0.4) is 0 Å². The zero-order chi connectivity index (χ0) is 12.7. The Morgan fingerprint density at radius 3 is 2.71 bits per heavy atom. The minimum Gasteiger partial charge on any atom is -0.343 e. The predicted molar refractivity (Wildman–Crippen MR) is 67.3 cm³/mol. The Bertz CT molecular complexity index is 281. The smallest absolute Gasteiger partial charge is 0.223 e. The van der Waals surface area contributed by atoms with Gasteiger partial charge in [-0.3, -0.25) is 4.79 Å². The van der Waals surface area contributed by atoms with Crippen LogP contribution in [0.4, 0.5) is 0 Å². The fraction of sp³-hybridized carbons (Fsp3) is 0.846. The Hall–Kier alpha value is -1.08. The molecule has 1 N–H and O–H groups in total. The summed E-state index contributed by atoms with van der Waals surface area (Å²) in [6.45, 7) is 6.24. The molecule has 0 bridgehead atoms. The first-order valence-electron chi connectivity index (χ1n) is 6.63. The van der Waals surface area contributed by atoms with Gasteiger partial charge in [0.05, 0.1) is 12.0 Å². The minimum absolute atomic E-state index is 0.138. The molecule has 0 aromatic carbocycles. The van der Waals surface area contributed by atoms with E-state index in [1.807, 2.05) is 18.7 Å². The normalized spacial score (nSPS) is 23.4. The third kappa shape index (κ3) is 4.01. The van der Waals surface area contributed by atoms with E-state index in [1.165, 1.54) is 0 Å². The van der Waals surface area contributed by atoms with Crippen molar-refractivity contribution in [3.63, 3.8) is 0 Å². The van der Waals surface area contributed by atoms with Crippen molar-refractivity contribution < 1.29 is 4.79 Å². The molecule has 4 heteroatoms. The summed E-state index contributed by atoms with van der Waals surface area (Å²) in [6.07, 6.45) is 3.73. The number of carbonyl (C=O) groups excluding carboxylic acids is 1. The Morgan fingerprint density at radius 1 is 1.41 bits per heavy atom. The summed E-state index contributed by atoms with van der Waals surface area (Å²) >= 11 is 0. The van der Waals surface area contributed by atoms with Crippen molar-refractivity contribution in [3.05, 3.63) is 0 Å². The largest absolute Gasteiger partial charge is 0.343 e. The van der Waals surface area contributed by atoms with Gasteiger partial charge >= 0.3 is 0 Å². The van der Waals surface area contributed by atoms with Crippen molar-refractivity contribution in [1.82, 2.24) is 10.2 Å². The van der Waals surface area contributed by atoms with Crippen molar-refractivity contribution in [1.29, 1.82) is 5.26 Å². The average Bonchev–Trinajstić information content (AvgIpc) is 2.78. The van der Waals surface area contributed by atoms with Crippen molar-refractivity contribution in [2.24, 2.45) is 5.92 Å². The first-order valence-corrected chi connectivity index (χ1v) is 6.63. The Labute approximate surface area is 104 Å². The molecule has 17 heavy (non-hydrogen) atoms. The summed E-state index contributed by atoms with van der Waals surface area (Å²) in [7, 11) is 0. The number of nitrogens with one attached hydrogen (secondary N) is 1. The van der Waals surface area contributed by atoms with Crippen LogP contribution < -0.4 is 5.32 Å². The van der Waals surface area contributed by atoms with Gasteiger partial charge in [0.15, 0.2) is 0 Å². The van der Waals surface area contributed by atoms with Crippen molar-refractivity contribution >= 4 is 5.91 Å². The number of nitriles is 1. The van der Waals surface area contributed by atoms with Gasteiger partial charge in [0.1, 0.15) is 0 Å². The van der Waals surface area contributed by atoms with Crippen LogP contribution in [0.15, 0.2) is 0 Å². The Kier molecular flexibility index (Phi) is 5.99. The molecule has 0 radical (unpaired) electrons. The summed E-state index contributed by atoms with van der Waals surface area (Å²) in [5.74, 6) is 0.340. The van der Waals surface area contributed by atoms with Gasteiger partial charge in [-0.2, -0.15) is 5.26 Å². The lowest BCUT2D eigenvalue weighted by molar-refractivity contribution is -0.130. The SMILES string of the molecule is CCN(CC)C(=O)CCNC1CCCC1C#N. The maximum Gasteiger partial charge on any atom is 0.223 e. The van der Waals surface area contributed by atoms with E-state index >= 15 is 0 Å². The molecule has 0 aromatic heterocycles. The third-order valence-electron chi connectivity index (χ3n) is 3.54. The van der Waals surface area contributed by atoms with Gasteiger partial charge < -0.3 is 10.2 Å². The average molecular weight is 237 g/mol. The molecule has 0 aromatic rings. The molecular formula is C13H23N3O. The number of carbonyl (C=O) groups is 1. The fourth-order valence-electron chi connectivity index (χ4n) is 2.46. The fourth-order valence-corrected chi connectivity index (χ4v) is 2.46. The van der Waals surface area contributed by atoms with Crippen LogP contribution in [0.5, 0.6) is 0 Å². The molecule has 1 amide bonds. The predicted octanol–water partition coefficient (Wildman–Crippen LogP) is 1.53. The zero-order valence-corrected chi connectivity index (χ0v) is 10.9. The highest BCUT2D eigenvalue weighted by atomic mass is 16.2. The molecule has 1 aliphatic rings. The number of rotatable bonds is 6. The molecule has 96 valence electrons. The maximum atomic E-state index is 11.8. The molecule has 1 rings (SSSR count). The molecule has 0 heterocycles. The summed E-state index contributed by atoms with van der Waals surface area (Å²) < 4.78 is 0. The van der Waals surface area contributed by atoms with Crippen LogP contribution in [0.1, 0.15) is 39.5 Å². The first kappa shape index (κ1) is 14.0. The molecule has 0 saturated heterocycles. The summed E-state index contributed by atoms with van der Waals surface area (Å²) in [4.78, 5) is 13.6. The molecule has 1 fully saturated rings. The zero-order valence-electron chi connectivity index (χ0n) is 10.9.